The van der Waals surface area contributed by atoms with E-state index in [1.54, 1.807) is 12.1 Å². The maximum atomic E-state index is 12.7. The van der Waals surface area contributed by atoms with Crippen LogP contribution >= 0.6 is 11.6 Å². The number of hydrogen-bond donors (Lipinski definition) is 1. The van der Waals surface area contributed by atoms with Crippen LogP contribution in [0.25, 0.3) is 11.4 Å². The van der Waals surface area contributed by atoms with Crippen molar-refractivity contribution in [3.05, 3.63) is 65.0 Å². The number of carbonyl (C=O) groups is 1. The lowest BCUT2D eigenvalue weighted by Gasteiger charge is -2.31. The van der Waals surface area contributed by atoms with Crippen molar-refractivity contribution in [2.24, 2.45) is 0 Å². The number of nitrogens with zero attached hydrogens (tertiary/aromatic N) is 3. The van der Waals surface area contributed by atoms with E-state index < -0.39 is 0 Å². The average Bonchev–Trinajstić information content (AvgIpc) is 3.24. The van der Waals surface area contributed by atoms with Gasteiger partial charge in [0, 0.05) is 29.4 Å². The van der Waals surface area contributed by atoms with Gasteiger partial charge >= 0.3 is 6.03 Å². The lowest BCUT2D eigenvalue weighted by molar-refractivity contribution is 0.184. The van der Waals surface area contributed by atoms with Crippen molar-refractivity contribution in [1.29, 1.82) is 0 Å². The Morgan fingerprint density at radius 3 is 2.97 bits per heavy atom. The third kappa shape index (κ3) is 4.59. The summed E-state index contributed by atoms with van der Waals surface area (Å²) < 4.78 is 5.51. The van der Waals surface area contributed by atoms with E-state index in [0.29, 0.717) is 29.8 Å². The Hall–Kier alpha value is -2.86. The first-order valence-electron chi connectivity index (χ1n) is 9.87. The molecule has 1 atom stereocenters. The summed E-state index contributed by atoms with van der Waals surface area (Å²) in [5.41, 5.74) is 2.82. The van der Waals surface area contributed by atoms with Gasteiger partial charge in [-0.3, -0.25) is 0 Å². The van der Waals surface area contributed by atoms with Gasteiger partial charge in [0.2, 0.25) is 11.7 Å². The molecule has 0 radical (unpaired) electrons. The molecule has 1 aromatic heterocycles. The third-order valence-electron chi connectivity index (χ3n) is 5.17. The van der Waals surface area contributed by atoms with Gasteiger partial charge < -0.3 is 14.7 Å². The largest absolute Gasteiger partial charge is 0.339 e. The lowest BCUT2D eigenvalue weighted by atomic mass is 9.98. The number of rotatable bonds is 4. The molecule has 150 valence electrons. The van der Waals surface area contributed by atoms with Crippen molar-refractivity contribution < 1.29 is 9.32 Å². The van der Waals surface area contributed by atoms with Crippen LogP contribution in [0.2, 0.25) is 5.02 Å². The fraction of sp³-hybridized carbons (Fsp3) is 0.318. The van der Waals surface area contributed by atoms with Crippen LogP contribution in [0.1, 0.15) is 37.1 Å². The molecule has 29 heavy (non-hydrogen) atoms. The number of piperidine rings is 1. The maximum absolute atomic E-state index is 12.7. The van der Waals surface area contributed by atoms with Gasteiger partial charge in [-0.15, -0.1) is 0 Å². The molecule has 2 aromatic carbocycles. The van der Waals surface area contributed by atoms with E-state index in [-0.39, 0.29) is 11.9 Å². The minimum Gasteiger partial charge on any atom is -0.339 e. The van der Waals surface area contributed by atoms with Crippen LogP contribution in [0.4, 0.5) is 10.5 Å². The lowest BCUT2D eigenvalue weighted by Crippen LogP contribution is -2.41. The fourth-order valence-corrected chi connectivity index (χ4v) is 3.77. The number of carbonyl (C=O) groups excluding carboxylic acids is 1. The van der Waals surface area contributed by atoms with E-state index in [1.807, 2.05) is 35.2 Å². The average molecular weight is 411 g/mol. The summed E-state index contributed by atoms with van der Waals surface area (Å²) >= 11 is 6.05. The zero-order valence-electron chi connectivity index (χ0n) is 16.3. The molecule has 4 rings (SSSR count). The van der Waals surface area contributed by atoms with Crippen LogP contribution in [-0.4, -0.2) is 34.2 Å². The fourth-order valence-electron chi connectivity index (χ4n) is 3.58. The number of nitrogens with one attached hydrogen (secondary N) is 1. The molecule has 0 spiro atoms. The first kappa shape index (κ1) is 19.5. The zero-order chi connectivity index (χ0) is 20.2. The van der Waals surface area contributed by atoms with E-state index in [4.69, 9.17) is 16.1 Å². The Morgan fingerprint density at radius 1 is 1.28 bits per heavy atom. The highest BCUT2D eigenvalue weighted by Crippen LogP contribution is 2.28. The SMILES string of the molecule is CCc1cccc(NC(=O)N2CCC[C@H](c3nc(-c4cccc(Cl)c4)no3)C2)c1. The van der Waals surface area contributed by atoms with Crippen LogP contribution < -0.4 is 5.32 Å². The van der Waals surface area contributed by atoms with Gasteiger partial charge in [-0.05, 0) is 49.1 Å². The highest BCUT2D eigenvalue weighted by Gasteiger charge is 2.29. The second kappa shape index (κ2) is 8.66. The summed E-state index contributed by atoms with van der Waals surface area (Å²) in [5, 5.41) is 7.72. The van der Waals surface area contributed by atoms with Gasteiger partial charge in [-0.2, -0.15) is 4.98 Å². The summed E-state index contributed by atoms with van der Waals surface area (Å²) in [6, 6.07) is 15.2. The molecule has 6 nitrogen and oxygen atoms in total. The summed E-state index contributed by atoms with van der Waals surface area (Å²) in [6.07, 6.45) is 2.73. The van der Waals surface area contributed by atoms with Gasteiger partial charge in [-0.1, -0.05) is 47.9 Å². The van der Waals surface area contributed by atoms with Crippen molar-refractivity contribution >= 4 is 23.3 Å². The van der Waals surface area contributed by atoms with Gasteiger partial charge in [0.1, 0.15) is 0 Å². The van der Waals surface area contributed by atoms with Crippen LogP contribution in [0.15, 0.2) is 53.1 Å². The molecular formula is C22H23ClN4O2. The molecule has 7 heteroatoms. The van der Waals surface area contributed by atoms with Crippen LogP contribution in [-0.2, 0) is 6.42 Å². The monoisotopic (exact) mass is 410 g/mol. The molecule has 0 bridgehead atoms. The number of halogens is 1. The van der Waals surface area contributed by atoms with Gasteiger partial charge in [0.25, 0.3) is 0 Å². The van der Waals surface area contributed by atoms with Crippen molar-refractivity contribution in [3.8, 4) is 11.4 Å². The van der Waals surface area contributed by atoms with E-state index in [0.717, 1.165) is 30.5 Å². The Kier molecular flexibility index (Phi) is 5.81. The van der Waals surface area contributed by atoms with Crippen LogP contribution in [0, 0.1) is 0 Å². The summed E-state index contributed by atoms with van der Waals surface area (Å²) in [6.45, 7) is 3.36. The number of benzene rings is 2. The Bertz CT molecular complexity index is 1000. The number of urea groups is 1. The predicted octanol–water partition coefficient (Wildman–Crippen LogP) is 5.36. The quantitative estimate of drug-likeness (QED) is 0.628. The van der Waals surface area contributed by atoms with Crippen molar-refractivity contribution in [1.82, 2.24) is 15.0 Å². The Labute approximate surface area is 174 Å². The van der Waals surface area contributed by atoms with Gasteiger partial charge in [0.05, 0.1) is 5.92 Å². The molecule has 0 unspecified atom stereocenters. The second-order valence-corrected chi connectivity index (χ2v) is 7.67. The Morgan fingerprint density at radius 2 is 2.14 bits per heavy atom. The van der Waals surface area contributed by atoms with Crippen molar-refractivity contribution in [3.63, 3.8) is 0 Å². The number of likely N-dealkylation sites (tertiary alicyclic amines) is 1. The van der Waals surface area contributed by atoms with Crippen molar-refractivity contribution in [2.75, 3.05) is 18.4 Å². The van der Waals surface area contributed by atoms with Gasteiger partial charge in [0.15, 0.2) is 0 Å². The molecule has 0 aliphatic carbocycles. The maximum Gasteiger partial charge on any atom is 0.321 e. The number of aryl methyl sites for hydroxylation is 1. The highest BCUT2D eigenvalue weighted by atomic mass is 35.5. The molecule has 1 N–H and O–H groups in total. The smallest absolute Gasteiger partial charge is 0.321 e. The van der Waals surface area contributed by atoms with E-state index in [1.165, 1.54) is 5.56 Å². The molecular weight excluding hydrogens is 388 g/mol. The molecule has 0 saturated carbocycles. The van der Waals surface area contributed by atoms with Gasteiger partial charge in [-0.25, -0.2) is 4.79 Å². The minimum atomic E-state index is -0.0995. The van der Waals surface area contributed by atoms with Crippen LogP contribution in [0.5, 0.6) is 0 Å². The highest BCUT2D eigenvalue weighted by molar-refractivity contribution is 6.30. The summed E-state index contributed by atoms with van der Waals surface area (Å²) in [4.78, 5) is 19.1. The van der Waals surface area contributed by atoms with Crippen LogP contribution in [0.3, 0.4) is 0 Å². The molecule has 2 heterocycles. The first-order chi connectivity index (χ1) is 14.1. The summed E-state index contributed by atoms with van der Waals surface area (Å²) in [5.74, 6) is 1.10. The molecule has 2 amide bonds. The number of amides is 2. The van der Waals surface area contributed by atoms with E-state index >= 15 is 0 Å². The first-order valence-corrected chi connectivity index (χ1v) is 10.2. The topological polar surface area (TPSA) is 71.3 Å². The second-order valence-electron chi connectivity index (χ2n) is 7.24. The predicted molar refractivity (Wildman–Crippen MR) is 113 cm³/mol. The van der Waals surface area contributed by atoms with E-state index in [9.17, 15) is 4.79 Å². The normalized spacial score (nSPS) is 16.6. The minimum absolute atomic E-state index is 0.0249. The third-order valence-corrected chi connectivity index (χ3v) is 5.40. The summed E-state index contributed by atoms with van der Waals surface area (Å²) in [7, 11) is 0. The molecule has 1 aliphatic rings. The Balaban J connectivity index is 1.43. The molecule has 1 saturated heterocycles. The van der Waals surface area contributed by atoms with Crippen molar-refractivity contribution in [2.45, 2.75) is 32.1 Å². The number of aromatic nitrogens is 2. The molecule has 1 fully saturated rings. The zero-order valence-corrected chi connectivity index (χ0v) is 17.0. The standard InChI is InChI=1S/C22H23ClN4O2/c1-2-15-6-3-10-19(12-15)24-22(28)27-11-5-8-17(14-27)21-25-20(26-29-21)16-7-4-9-18(23)13-16/h3-4,6-7,9-10,12-13,17H,2,5,8,11,14H2,1H3,(H,24,28)/t17-/m0/s1. The van der Waals surface area contributed by atoms with E-state index in [2.05, 4.69) is 28.4 Å². The molecule has 3 aromatic rings. The molecule has 1 aliphatic heterocycles. The number of anilines is 1. The number of hydrogen-bond acceptors (Lipinski definition) is 4.